The predicted octanol–water partition coefficient (Wildman–Crippen LogP) is 2.50. The van der Waals surface area contributed by atoms with Crippen molar-refractivity contribution in [1.82, 2.24) is 4.72 Å². The summed E-state index contributed by atoms with van der Waals surface area (Å²) in [6, 6.07) is 8.94. The first-order valence-corrected chi connectivity index (χ1v) is 7.89. The van der Waals surface area contributed by atoms with E-state index in [4.69, 9.17) is 5.73 Å². The molecule has 0 spiro atoms. The maximum absolute atomic E-state index is 13.1. The van der Waals surface area contributed by atoms with Gasteiger partial charge in [0.05, 0.1) is 4.90 Å². The summed E-state index contributed by atoms with van der Waals surface area (Å²) in [5.74, 6) is -0.460. The van der Waals surface area contributed by atoms with Gasteiger partial charge in [-0.2, -0.15) is 0 Å². The van der Waals surface area contributed by atoms with Crippen LogP contribution in [0.15, 0.2) is 41.3 Å². The summed E-state index contributed by atoms with van der Waals surface area (Å²) in [4.78, 5) is 0.0745. The lowest BCUT2D eigenvalue weighted by Crippen LogP contribution is -2.24. The van der Waals surface area contributed by atoms with Gasteiger partial charge >= 0.3 is 0 Å². The zero-order chi connectivity index (χ0) is 15.6. The van der Waals surface area contributed by atoms with Crippen LogP contribution < -0.4 is 10.5 Å². The van der Waals surface area contributed by atoms with Crippen LogP contribution >= 0.6 is 0 Å². The third-order valence-corrected chi connectivity index (χ3v) is 4.93. The van der Waals surface area contributed by atoms with Gasteiger partial charge in [0.15, 0.2) is 0 Å². The van der Waals surface area contributed by atoms with Crippen LogP contribution in [-0.2, 0) is 16.6 Å². The molecular weight excluding hydrogens is 291 g/mol. The monoisotopic (exact) mass is 308 g/mol. The molecule has 0 fully saturated rings. The first kappa shape index (κ1) is 15.5. The van der Waals surface area contributed by atoms with Gasteiger partial charge in [-0.3, -0.25) is 0 Å². The van der Waals surface area contributed by atoms with Gasteiger partial charge in [0.2, 0.25) is 10.0 Å². The van der Waals surface area contributed by atoms with E-state index in [9.17, 15) is 12.8 Å². The molecule has 2 rings (SSSR count). The minimum absolute atomic E-state index is 0.0745. The number of halogens is 1. The Balaban J connectivity index is 2.24. The van der Waals surface area contributed by atoms with Crippen LogP contribution in [0.3, 0.4) is 0 Å². The Labute approximate surface area is 123 Å². The second kappa shape index (κ2) is 5.83. The van der Waals surface area contributed by atoms with Crippen molar-refractivity contribution in [3.63, 3.8) is 0 Å². The third kappa shape index (κ3) is 3.40. The molecule has 0 unspecified atom stereocenters. The van der Waals surface area contributed by atoms with Crippen LogP contribution in [0.25, 0.3) is 0 Å². The number of hydrogen-bond acceptors (Lipinski definition) is 3. The second-order valence-electron chi connectivity index (χ2n) is 4.87. The van der Waals surface area contributed by atoms with Crippen molar-refractivity contribution in [2.45, 2.75) is 25.3 Å². The maximum atomic E-state index is 13.1. The van der Waals surface area contributed by atoms with Crippen molar-refractivity contribution >= 4 is 15.7 Å². The molecule has 0 heterocycles. The van der Waals surface area contributed by atoms with Crippen molar-refractivity contribution in [3.8, 4) is 0 Å². The Morgan fingerprint density at radius 2 is 1.90 bits per heavy atom. The Morgan fingerprint density at radius 1 is 1.19 bits per heavy atom. The highest BCUT2D eigenvalue weighted by molar-refractivity contribution is 7.89. The van der Waals surface area contributed by atoms with Gasteiger partial charge in [0.1, 0.15) is 5.82 Å². The lowest BCUT2D eigenvalue weighted by atomic mass is 10.1. The highest BCUT2D eigenvalue weighted by Gasteiger charge is 2.17. The minimum atomic E-state index is -3.69. The van der Waals surface area contributed by atoms with Gasteiger partial charge in [-0.25, -0.2) is 17.5 Å². The smallest absolute Gasteiger partial charge is 0.241 e. The van der Waals surface area contributed by atoms with E-state index in [0.29, 0.717) is 11.3 Å². The van der Waals surface area contributed by atoms with E-state index >= 15 is 0 Å². The average Bonchev–Trinajstić information content (AvgIpc) is 2.40. The molecule has 0 amide bonds. The minimum Gasteiger partial charge on any atom is -0.399 e. The highest BCUT2D eigenvalue weighted by atomic mass is 32.2. The summed E-state index contributed by atoms with van der Waals surface area (Å²) in [5.41, 5.74) is 8.42. The molecule has 2 aromatic carbocycles. The Hall–Kier alpha value is -1.92. The third-order valence-electron chi connectivity index (χ3n) is 3.37. The standard InChI is InChI=1S/C15H17FN2O2S/c1-10-8-13(16)6-7-15(10)21(19,20)18-9-12-4-3-5-14(17)11(12)2/h3-8,18H,9,17H2,1-2H3. The lowest BCUT2D eigenvalue weighted by molar-refractivity contribution is 0.579. The SMILES string of the molecule is Cc1cc(F)ccc1S(=O)(=O)NCc1cccc(N)c1C. The fourth-order valence-corrected chi connectivity index (χ4v) is 3.29. The summed E-state index contributed by atoms with van der Waals surface area (Å²) in [7, 11) is -3.69. The van der Waals surface area contributed by atoms with E-state index in [0.717, 1.165) is 17.2 Å². The van der Waals surface area contributed by atoms with Crippen LogP contribution in [0.5, 0.6) is 0 Å². The zero-order valence-corrected chi connectivity index (χ0v) is 12.7. The molecule has 0 aliphatic rings. The van der Waals surface area contributed by atoms with Crippen molar-refractivity contribution in [1.29, 1.82) is 0 Å². The molecule has 6 heteroatoms. The van der Waals surface area contributed by atoms with E-state index in [2.05, 4.69) is 4.72 Å². The number of nitrogen functional groups attached to an aromatic ring is 1. The van der Waals surface area contributed by atoms with Gasteiger partial charge in [-0.15, -0.1) is 0 Å². The van der Waals surface area contributed by atoms with E-state index in [1.54, 1.807) is 19.1 Å². The molecule has 0 atom stereocenters. The van der Waals surface area contributed by atoms with Crippen LogP contribution in [0.4, 0.5) is 10.1 Å². The van der Waals surface area contributed by atoms with Gasteiger partial charge in [-0.05, 0) is 54.8 Å². The summed E-state index contributed by atoms with van der Waals surface area (Å²) < 4.78 is 40.1. The van der Waals surface area contributed by atoms with Gasteiger partial charge in [0, 0.05) is 12.2 Å². The molecule has 4 nitrogen and oxygen atoms in total. The summed E-state index contributed by atoms with van der Waals surface area (Å²) in [6.45, 7) is 3.53. The molecule has 0 aliphatic heterocycles. The van der Waals surface area contributed by atoms with Crippen LogP contribution in [0.2, 0.25) is 0 Å². The number of nitrogens with two attached hydrogens (primary N) is 1. The number of nitrogens with one attached hydrogen (secondary N) is 1. The summed E-state index contributed by atoms with van der Waals surface area (Å²) in [5, 5.41) is 0. The van der Waals surface area contributed by atoms with E-state index in [1.165, 1.54) is 12.1 Å². The summed E-state index contributed by atoms with van der Waals surface area (Å²) >= 11 is 0. The second-order valence-corrected chi connectivity index (χ2v) is 6.60. The first-order valence-electron chi connectivity index (χ1n) is 6.41. The maximum Gasteiger partial charge on any atom is 0.241 e. The molecule has 2 aromatic rings. The molecule has 0 aliphatic carbocycles. The molecule has 0 radical (unpaired) electrons. The van der Waals surface area contributed by atoms with Crippen molar-refractivity contribution in [3.05, 3.63) is 58.9 Å². The molecule has 0 saturated heterocycles. The zero-order valence-electron chi connectivity index (χ0n) is 11.9. The van der Waals surface area contributed by atoms with E-state index < -0.39 is 15.8 Å². The van der Waals surface area contributed by atoms with Gasteiger partial charge in [-0.1, -0.05) is 12.1 Å². The quantitative estimate of drug-likeness (QED) is 0.852. The Kier molecular flexibility index (Phi) is 4.29. The normalized spacial score (nSPS) is 11.6. The summed E-state index contributed by atoms with van der Waals surface area (Å²) in [6.07, 6.45) is 0. The molecule has 112 valence electrons. The Bertz CT molecular complexity index is 773. The van der Waals surface area contributed by atoms with E-state index in [-0.39, 0.29) is 11.4 Å². The Morgan fingerprint density at radius 3 is 2.57 bits per heavy atom. The number of anilines is 1. The number of benzene rings is 2. The fourth-order valence-electron chi connectivity index (χ4n) is 2.06. The number of hydrogen-bond donors (Lipinski definition) is 2. The van der Waals surface area contributed by atoms with Crippen molar-refractivity contribution in [2.24, 2.45) is 0 Å². The molecular formula is C15H17FN2O2S. The molecule has 0 bridgehead atoms. The van der Waals surface area contributed by atoms with Crippen molar-refractivity contribution < 1.29 is 12.8 Å². The average molecular weight is 308 g/mol. The number of sulfonamides is 1. The van der Waals surface area contributed by atoms with Gasteiger partial charge in [0.25, 0.3) is 0 Å². The van der Waals surface area contributed by atoms with Crippen LogP contribution in [0.1, 0.15) is 16.7 Å². The van der Waals surface area contributed by atoms with Crippen LogP contribution in [0, 0.1) is 19.7 Å². The molecule has 3 N–H and O–H groups in total. The van der Waals surface area contributed by atoms with Gasteiger partial charge < -0.3 is 5.73 Å². The topological polar surface area (TPSA) is 72.2 Å². The highest BCUT2D eigenvalue weighted by Crippen LogP contribution is 2.18. The predicted molar refractivity (Wildman–Crippen MR) is 80.8 cm³/mol. The lowest BCUT2D eigenvalue weighted by Gasteiger charge is -2.12. The number of rotatable bonds is 4. The molecule has 0 saturated carbocycles. The fraction of sp³-hybridized carbons (Fsp3) is 0.200. The van der Waals surface area contributed by atoms with Crippen LogP contribution in [-0.4, -0.2) is 8.42 Å². The first-order chi connectivity index (χ1) is 9.81. The van der Waals surface area contributed by atoms with E-state index in [1.807, 2.05) is 13.0 Å². The molecule has 0 aromatic heterocycles. The molecule has 21 heavy (non-hydrogen) atoms. The van der Waals surface area contributed by atoms with Crippen molar-refractivity contribution in [2.75, 3.05) is 5.73 Å². The largest absolute Gasteiger partial charge is 0.399 e. The number of aryl methyl sites for hydroxylation is 1.